The second kappa shape index (κ2) is 10.5. The fourth-order valence-electron chi connectivity index (χ4n) is 2.00. The number of hydrogen-bond donors (Lipinski definition) is 0. The average molecular weight is 341 g/mol. The van der Waals surface area contributed by atoms with Gasteiger partial charge >= 0.3 is 7.54 Å². The minimum Gasteiger partial charge on any atom is -1.00 e. The Labute approximate surface area is 140 Å². The van der Waals surface area contributed by atoms with E-state index in [1.807, 2.05) is 40.1 Å². The quantitative estimate of drug-likeness (QED) is 0.399. The van der Waals surface area contributed by atoms with E-state index in [0.29, 0.717) is 0 Å². The van der Waals surface area contributed by atoms with Crippen molar-refractivity contribution < 1.29 is 27.0 Å². The maximum absolute atomic E-state index is 9.67. The molecule has 130 valence electrons. The van der Waals surface area contributed by atoms with Gasteiger partial charge in [-0.1, -0.05) is 12.2 Å². The molecule has 24 heavy (non-hydrogen) atoms. The Kier molecular flexibility index (Phi) is 9.46. The van der Waals surface area contributed by atoms with Crippen LogP contribution in [0.15, 0.2) is 71.3 Å². The molecular formula is C17H20BF4NO. The molecule has 7 heteroatoms. The second-order valence-electron chi connectivity index (χ2n) is 5.18. The lowest BCUT2D eigenvalue weighted by Gasteiger charge is -2.11. The van der Waals surface area contributed by atoms with Gasteiger partial charge in [-0.15, -0.1) is 0 Å². The predicted octanol–water partition coefficient (Wildman–Crippen LogP) is 1.40. The van der Waals surface area contributed by atoms with Gasteiger partial charge in [0.2, 0.25) is 0 Å². The highest BCUT2D eigenvalue weighted by Gasteiger charge is 2.06. The molecule has 2 nitrogen and oxygen atoms in total. The van der Waals surface area contributed by atoms with Crippen molar-refractivity contribution in [3.8, 4) is 0 Å². The van der Waals surface area contributed by atoms with Crippen molar-refractivity contribution in [1.29, 1.82) is 0 Å². The van der Waals surface area contributed by atoms with Gasteiger partial charge in [0.05, 0.1) is 0 Å². The van der Waals surface area contributed by atoms with Gasteiger partial charge in [-0.25, -0.2) is 4.58 Å². The van der Waals surface area contributed by atoms with Crippen LogP contribution >= 0.6 is 0 Å². The zero-order valence-corrected chi connectivity index (χ0v) is 14.1. The molecule has 0 aromatic rings. The number of halogens is 4. The van der Waals surface area contributed by atoms with E-state index < -0.39 is 7.54 Å². The minimum absolute atomic E-state index is 0. The van der Waals surface area contributed by atoms with Crippen LogP contribution in [0.4, 0.5) is 12.9 Å². The van der Waals surface area contributed by atoms with Crippen LogP contribution in [0.25, 0.3) is 0 Å². The standard InChI is InChI=1S/C17H20NO.BF3.FH/c1-13-11-16(12-14(2)19-13)6-5-15-7-9-17(10-8-15)18(3)4;2-1(3)4;/h5-12H,1-4H3;;1H/q+1;;/p-1. The van der Waals surface area contributed by atoms with Crippen LogP contribution in [-0.4, -0.2) is 31.9 Å². The number of hydrogen-bond acceptors (Lipinski definition) is 1. The van der Waals surface area contributed by atoms with Crippen molar-refractivity contribution in [3.63, 3.8) is 0 Å². The van der Waals surface area contributed by atoms with E-state index in [1.54, 1.807) is 0 Å². The van der Waals surface area contributed by atoms with Gasteiger partial charge in [-0.3, -0.25) is 12.9 Å². The van der Waals surface area contributed by atoms with Crippen molar-refractivity contribution in [3.05, 3.63) is 71.3 Å². The van der Waals surface area contributed by atoms with Crippen LogP contribution in [-0.2, 0) is 4.74 Å². The summed E-state index contributed by atoms with van der Waals surface area (Å²) in [6, 6.07) is 0. The predicted molar refractivity (Wildman–Crippen MR) is 89.2 cm³/mol. The van der Waals surface area contributed by atoms with E-state index in [1.165, 1.54) is 11.3 Å². The summed E-state index contributed by atoms with van der Waals surface area (Å²) in [5, 5.41) is 0. The fraction of sp³-hybridized carbons (Fsp3) is 0.235. The number of rotatable bonds is 1. The Morgan fingerprint density at radius 3 is 1.71 bits per heavy atom. The first-order valence-corrected chi connectivity index (χ1v) is 7.07. The Bertz CT molecular complexity index is 611. The van der Waals surface area contributed by atoms with E-state index in [2.05, 4.69) is 41.0 Å². The summed E-state index contributed by atoms with van der Waals surface area (Å²) >= 11 is 0. The molecule has 0 radical (unpaired) electrons. The third-order valence-electron chi connectivity index (χ3n) is 2.94. The molecule has 0 saturated carbocycles. The van der Waals surface area contributed by atoms with Crippen LogP contribution in [0, 0.1) is 0 Å². The van der Waals surface area contributed by atoms with E-state index in [0.717, 1.165) is 17.1 Å². The molecule has 0 N–H and O–H groups in total. The summed E-state index contributed by atoms with van der Waals surface area (Å²) < 4.78 is 36.6. The van der Waals surface area contributed by atoms with Crippen molar-refractivity contribution >= 4 is 13.3 Å². The van der Waals surface area contributed by atoms with Crippen molar-refractivity contribution in [2.45, 2.75) is 13.8 Å². The van der Waals surface area contributed by atoms with Gasteiger partial charge in [0, 0.05) is 12.2 Å². The number of allylic oxidation sites excluding steroid dienone is 12. The largest absolute Gasteiger partial charge is 1.00 e. The van der Waals surface area contributed by atoms with Gasteiger partial charge < -0.3 is 9.44 Å². The van der Waals surface area contributed by atoms with Gasteiger partial charge in [0.1, 0.15) is 25.6 Å². The molecule has 2 rings (SSSR count). The highest BCUT2D eigenvalue weighted by Crippen LogP contribution is 2.18. The highest BCUT2D eigenvalue weighted by molar-refractivity contribution is 6.33. The Morgan fingerprint density at radius 2 is 1.29 bits per heavy atom. The molecular weight excluding hydrogens is 321 g/mol. The van der Waals surface area contributed by atoms with Gasteiger partial charge in [0.15, 0.2) is 5.71 Å². The smallest absolute Gasteiger partial charge is 0.762 e. The Balaban J connectivity index is 0.000000954. The summed E-state index contributed by atoms with van der Waals surface area (Å²) in [7, 11) is 0.424. The maximum Gasteiger partial charge on any atom is 0.762 e. The normalized spacial score (nSPS) is 15.2. The van der Waals surface area contributed by atoms with Crippen LogP contribution in [0.1, 0.15) is 13.8 Å². The van der Waals surface area contributed by atoms with Crippen LogP contribution in [0.5, 0.6) is 0 Å². The zero-order chi connectivity index (χ0) is 17.4. The lowest BCUT2D eigenvalue weighted by molar-refractivity contribution is -0.462. The van der Waals surface area contributed by atoms with E-state index in [9.17, 15) is 12.9 Å². The molecule has 0 aromatic heterocycles. The summed E-state index contributed by atoms with van der Waals surface area (Å²) in [6.07, 6.45) is 16.8. The summed E-state index contributed by atoms with van der Waals surface area (Å²) in [4.78, 5) is 0. The topological polar surface area (TPSA) is 12.2 Å². The van der Waals surface area contributed by atoms with Crippen LogP contribution < -0.4 is 4.70 Å². The first-order chi connectivity index (χ1) is 10.8. The molecule has 1 aliphatic carbocycles. The van der Waals surface area contributed by atoms with Gasteiger partial charge in [0.25, 0.3) is 0 Å². The maximum atomic E-state index is 9.67. The first kappa shape index (κ1) is 21.7. The summed E-state index contributed by atoms with van der Waals surface area (Å²) in [5.41, 5.74) is 3.57. The van der Waals surface area contributed by atoms with Gasteiger partial charge in [-0.05, 0) is 49.3 Å². The number of ether oxygens (including phenoxy) is 1. The molecule has 0 saturated heterocycles. The van der Waals surface area contributed by atoms with E-state index in [-0.39, 0.29) is 4.70 Å². The molecule has 0 aromatic carbocycles. The molecule has 1 aliphatic heterocycles. The third kappa shape index (κ3) is 8.36. The molecule has 0 bridgehead atoms. The Morgan fingerprint density at radius 1 is 0.875 bits per heavy atom. The molecule has 0 amide bonds. The first-order valence-electron chi connectivity index (χ1n) is 7.07. The van der Waals surface area contributed by atoms with Crippen molar-refractivity contribution in [2.75, 3.05) is 14.1 Å². The lowest BCUT2D eigenvalue weighted by atomic mass is 10.1. The van der Waals surface area contributed by atoms with Crippen molar-refractivity contribution in [1.82, 2.24) is 0 Å². The number of nitrogens with zero attached hydrogens (tertiary/aromatic N) is 1. The second-order valence-corrected chi connectivity index (χ2v) is 5.18. The molecule has 0 atom stereocenters. The van der Waals surface area contributed by atoms with E-state index in [4.69, 9.17) is 4.74 Å². The van der Waals surface area contributed by atoms with Crippen molar-refractivity contribution in [2.24, 2.45) is 0 Å². The third-order valence-corrected chi connectivity index (χ3v) is 2.94. The summed E-state index contributed by atoms with van der Waals surface area (Å²) in [6.45, 7) is 3.94. The molecule has 2 aliphatic rings. The molecule has 0 fully saturated rings. The molecule has 1 heterocycles. The van der Waals surface area contributed by atoms with Gasteiger partial charge in [-0.2, -0.15) is 0 Å². The minimum atomic E-state index is -3.67. The Hall–Kier alpha value is -2.31. The fourth-order valence-corrected chi connectivity index (χ4v) is 2.00. The monoisotopic (exact) mass is 341 g/mol. The average Bonchev–Trinajstić information content (AvgIpc) is 2.44. The van der Waals surface area contributed by atoms with Crippen LogP contribution in [0.3, 0.4) is 0 Å². The van der Waals surface area contributed by atoms with E-state index >= 15 is 0 Å². The lowest BCUT2D eigenvalue weighted by Crippen LogP contribution is -3.00. The molecule has 0 spiro atoms. The SMILES string of the molecule is CC1=CC(=CC=C2C=CC(=[N+](C)C)C=C2)C=C(C)O1.FB(F)F.[F-]. The highest BCUT2D eigenvalue weighted by atomic mass is 19.4. The molecule has 0 unspecified atom stereocenters. The zero-order valence-electron chi connectivity index (χ0n) is 14.1. The summed E-state index contributed by atoms with van der Waals surface area (Å²) in [5.74, 6) is 1.87. The van der Waals surface area contributed by atoms with Crippen LogP contribution in [0.2, 0.25) is 0 Å².